The summed E-state index contributed by atoms with van der Waals surface area (Å²) in [5, 5.41) is 0. The molecule has 2 N–H and O–H groups in total. The van der Waals surface area contributed by atoms with Crippen molar-refractivity contribution in [2.75, 3.05) is 38.6 Å². The Morgan fingerprint density at radius 2 is 1.76 bits per heavy atom. The summed E-state index contributed by atoms with van der Waals surface area (Å²) in [4.78, 5) is 16.3. The highest BCUT2D eigenvalue weighted by Crippen LogP contribution is 2.40. The molecule has 1 saturated carbocycles. The fourth-order valence-corrected chi connectivity index (χ4v) is 3.89. The summed E-state index contributed by atoms with van der Waals surface area (Å²) in [6.07, 6.45) is 4.88. The van der Waals surface area contributed by atoms with Gasteiger partial charge >= 0.3 is 0 Å². The SMILES string of the molecule is CN1Cc2c(C3CCC(N(C)C)CC3)ccc(N)c2C1=O.ClCCCl. The molecule has 0 bridgehead atoms. The second-order valence-corrected chi connectivity index (χ2v) is 7.86. The summed E-state index contributed by atoms with van der Waals surface area (Å²) in [5.74, 6) is 1.77. The van der Waals surface area contributed by atoms with Gasteiger partial charge in [-0.1, -0.05) is 6.07 Å². The van der Waals surface area contributed by atoms with E-state index in [1.54, 1.807) is 4.90 Å². The van der Waals surface area contributed by atoms with Gasteiger partial charge in [0.1, 0.15) is 0 Å². The molecule has 2 aliphatic rings. The summed E-state index contributed by atoms with van der Waals surface area (Å²) in [5.41, 5.74) is 9.95. The van der Waals surface area contributed by atoms with E-state index in [0.717, 1.165) is 5.56 Å². The third kappa shape index (κ3) is 4.60. The van der Waals surface area contributed by atoms with Crippen LogP contribution in [0.2, 0.25) is 0 Å². The lowest BCUT2D eigenvalue weighted by Crippen LogP contribution is -2.31. The topological polar surface area (TPSA) is 49.6 Å². The second kappa shape index (κ2) is 9.11. The second-order valence-electron chi connectivity index (χ2n) is 7.11. The number of halogens is 2. The predicted octanol–water partition coefficient (Wildman–Crippen LogP) is 3.91. The van der Waals surface area contributed by atoms with Crippen LogP contribution in [-0.4, -0.2) is 54.7 Å². The summed E-state index contributed by atoms with van der Waals surface area (Å²) >= 11 is 10.1. The average molecular weight is 386 g/mol. The van der Waals surface area contributed by atoms with Crippen molar-refractivity contribution in [2.45, 2.75) is 44.2 Å². The van der Waals surface area contributed by atoms with E-state index >= 15 is 0 Å². The molecule has 0 saturated heterocycles. The molecule has 1 aromatic rings. The molecule has 4 nitrogen and oxygen atoms in total. The molecular weight excluding hydrogens is 357 g/mol. The molecule has 1 fully saturated rings. The van der Waals surface area contributed by atoms with Gasteiger partial charge in [-0.05, 0) is 62.9 Å². The predicted molar refractivity (Wildman–Crippen MR) is 107 cm³/mol. The lowest BCUT2D eigenvalue weighted by atomic mass is 9.79. The molecule has 0 aromatic heterocycles. The molecule has 0 atom stereocenters. The van der Waals surface area contributed by atoms with Gasteiger partial charge in [0.2, 0.25) is 0 Å². The first kappa shape index (κ1) is 20.3. The van der Waals surface area contributed by atoms with E-state index in [1.807, 2.05) is 13.1 Å². The van der Waals surface area contributed by atoms with Crippen molar-refractivity contribution in [2.24, 2.45) is 0 Å². The van der Waals surface area contributed by atoms with Gasteiger partial charge in [-0.25, -0.2) is 0 Å². The maximum Gasteiger partial charge on any atom is 0.256 e. The highest BCUT2D eigenvalue weighted by atomic mass is 35.5. The van der Waals surface area contributed by atoms with E-state index in [0.29, 0.717) is 36.0 Å². The van der Waals surface area contributed by atoms with Gasteiger partial charge < -0.3 is 15.5 Å². The van der Waals surface area contributed by atoms with E-state index in [2.05, 4.69) is 25.1 Å². The van der Waals surface area contributed by atoms with Crippen LogP contribution in [0.15, 0.2) is 12.1 Å². The molecule has 1 aromatic carbocycles. The Morgan fingerprint density at radius 1 is 1.16 bits per heavy atom. The minimum atomic E-state index is 0.0753. The minimum Gasteiger partial charge on any atom is -0.398 e. The van der Waals surface area contributed by atoms with Crippen molar-refractivity contribution >= 4 is 34.8 Å². The fourth-order valence-electron chi connectivity index (χ4n) is 3.89. The number of rotatable bonds is 3. The zero-order valence-electron chi connectivity index (χ0n) is 15.4. The van der Waals surface area contributed by atoms with Gasteiger partial charge in [0, 0.05) is 37.1 Å². The molecule has 25 heavy (non-hydrogen) atoms. The number of hydrogen-bond donors (Lipinski definition) is 1. The molecule has 140 valence electrons. The number of nitrogen functional groups attached to an aromatic ring is 1. The largest absolute Gasteiger partial charge is 0.398 e. The molecule has 1 amide bonds. The number of nitrogens with two attached hydrogens (primary N) is 1. The highest BCUT2D eigenvalue weighted by molar-refractivity contribution is 6.25. The van der Waals surface area contributed by atoms with Crippen molar-refractivity contribution in [1.82, 2.24) is 9.80 Å². The van der Waals surface area contributed by atoms with Gasteiger partial charge in [0.15, 0.2) is 0 Å². The van der Waals surface area contributed by atoms with E-state index < -0.39 is 0 Å². The lowest BCUT2D eigenvalue weighted by Gasteiger charge is -2.33. The molecule has 0 radical (unpaired) electrons. The summed E-state index contributed by atoms with van der Waals surface area (Å²) < 4.78 is 0. The Bertz CT molecular complexity index is 597. The third-order valence-electron chi connectivity index (χ3n) is 5.28. The number of carbonyl (C=O) groups excluding carboxylic acids is 1. The first-order chi connectivity index (χ1) is 11.9. The molecule has 6 heteroatoms. The number of amides is 1. The van der Waals surface area contributed by atoms with Gasteiger partial charge in [-0.3, -0.25) is 4.79 Å². The Kier molecular flexibility index (Phi) is 7.41. The molecule has 1 aliphatic carbocycles. The van der Waals surface area contributed by atoms with Crippen molar-refractivity contribution in [3.63, 3.8) is 0 Å². The third-order valence-corrected chi connectivity index (χ3v) is 5.85. The van der Waals surface area contributed by atoms with Crippen molar-refractivity contribution in [3.05, 3.63) is 28.8 Å². The van der Waals surface area contributed by atoms with Gasteiger partial charge in [0.25, 0.3) is 5.91 Å². The summed E-state index contributed by atoms with van der Waals surface area (Å²) in [6.45, 7) is 0.710. The van der Waals surface area contributed by atoms with Gasteiger partial charge in [0.05, 0.1) is 5.56 Å². The molecular formula is C19H29Cl2N3O. The van der Waals surface area contributed by atoms with Crippen LogP contribution in [0.3, 0.4) is 0 Å². The molecule has 0 spiro atoms. The molecule has 1 aliphatic heterocycles. The normalized spacial score (nSPS) is 22.6. The van der Waals surface area contributed by atoms with E-state index in [9.17, 15) is 4.79 Å². The maximum absolute atomic E-state index is 12.2. The number of benzene rings is 1. The minimum absolute atomic E-state index is 0.0753. The highest BCUT2D eigenvalue weighted by Gasteiger charge is 2.32. The maximum atomic E-state index is 12.2. The van der Waals surface area contributed by atoms with Crippen LogP contribution in [0.1, 0.15) is 53.1 Å². The van der Waals surface area contributed by atoms with Crippen molar-refractivity contribution < 1.29 is 4.79 Å². The van der Waals surface area contributed by atoms with Gasteiger partial charge in [-0.15, -0.1) is 23.2 Å². The number of hydrogen-bond acceptors (Lipinski definition) is 3. The quantitative estimate of drug-likeness (QED) is 0.633. The number of nitrogens with zero attached hydrogens (tertiary/aromatic N) is 2. The summed E-state index contributed by atoms with van der Waals surface area (Å²) in [6, 6.07) is 4.78. The average Bonchev–Trinajstić information content (AvgIpc) is 2.91. The zero-order valence-corrected chi connectivity index (χ0v) is 16.9. The smallest absolute Gasteiger partial charge is 0.256 e. The van der Waals surface area contributed by atoms with Crippen molar-refractivity contribution in [1.29, 1.82) is 0 Å². The monoisotopic (exact) mass is 385 g/mol. The van der Waals surface area contributed by atoms with Crippen LogP contribution in [0.25, 0.3) is 0 Å². The van der Waals surface area contributed by atoms with E-state index in [1.165, 1.54) is 36.8 Å². The zero-order chi connectivity index (χ0) is 18.6. The number of fused-ring (bicyclic) bond motifs is 1. The number of carbonyl (C=O) groups is 1. The first-order valence-electron chi connectivity index (χ1n) is 8.85. The van der Waals surface area contributed by atoms with Gasteiger partial charge in [-0.2, -0.15) is 0 Å². The molecule has 0 unspecified atom stereocenters. The van der Waals surface area contributed by atoms with Crippen LogP contribution in [0.5, 0.6) is 0 Å². The standard InChI is InChI=1S/C17H25N3O.C2H4Cl2/c1-19(2)12-6-4-11(5-7-12)13-8-9-15(18)16-14(13)10-20(3)17(16)21;3-1-2-4/h8-9,11-12H,4-7,10,18H2,1-3H3;1-2H2. The van der Waals surface area contributed by atoms with E-state index in [-0.39, 0.29) is 5.91 Å². The Hall–Kier alpha value is -0.970. The number of anilines is 1. The van der Waals surface area contributed by atoms with Crippen LogP contribution >= 0.6 is 23.2 Å². The molecule has 1 heterocycles. The van der Waals surface area contributed by atoms with Crippen LogP contribution in [0, 0.1) is 0 Å². The Labute approximate surface area is 161 Å². The van der Waals surface area contributed by atoms with Crippen LogP contribution < -0.4 is 5.73 Å². The Balaban J connectivity index is 0.000000511. The van der Waals surface area contributed by atoms with Crippen molar-refractivity contribution in [3.8, 4) is 0 Å². The summed E-state index contributed by atoms with van der Waals surface area (Å²) in [7, 11) is 6.19. The molecule has 3 rings (SSSR count). The van der Waals surface area contributed by atoms with Crippen LogP contribution in [0.4, 0.5) is 5.69 Å². The number of alkyl halides is 2. The first-order valence-corrected chi connectivity index (χ1v) is 9.92. The Morgan fingerprint density at radius 3 is 2.28 bits per heavy atom. The fraction of sp³-hybridized carbons (Fsp3) is 0.632. The van der Waals surface area contributed by atoms with Crippen LogP contribution in [-0.2, 0) is 6.54 Å². The lowest BCUT2D eigenvalue weighted by molar-refractivity contribution is 0.0817. The van der Waals surface area contributed by atoms with E-state index in [4.69, 9.17) is 28.9 Å².